The van der Waals surface area contributed by atoms with E-state index in [0.717, 1.165) is 4.70 Å². The van der Waals surface area contributed by atoms with Gasteiger partial charge in [-0.25, -0.2) is 9.78 Å². The molecule has 16 heavy (non-hydrogen) atoms. The molecule has 0 amide bonds. The zero-order chi connectivity index (χ0) is 11.7. The minimum atomic E-state index is -0.417. The number of nitrogens with two attached hydrogens (primary N) is 1. The highest BCUT2D eigenvalue weighted by Crippen LogP contribution is 2.33. The van der Waals surface area contributed by atoms with Crippen LogP contribution in [0.1, 0.15) is 16.6 Å². The molecule has 0 aromatic carbocycles. The van der Waals surface area contributed by atoms with Gasteiger partial charge in [-0.15, -0.1) is 11.3 Å². The second kappa shape index (κ2) is 4.27. The Morgan fingerprint density at radius 2 is 2.38 bits per heavy atom. The third-order valence-corrected chi connectivity index (χ3v) is 3.35. The summed E-state index contributed by atoms with van der Waals surface area (Å²) in [5, 5.41) is 0.354. The molecular weight excluding hydrogens is 248 g/mol. The first kappa shape index (κ1) is 11.2. The molecule has 0 fully saturated rings. The van der Waals surface area contributed by atoms with Gasteiger partial charge >= 0.3 is 5.97 Å². The minimum absolute atomic E-state index is 0.320. The summed E-state index contributed by atoms with van der Waals surface area (Å²) in [5.74, 6) is -0.417. The number of carbonyl (C=O) groups is 1. The van der Waals surface area contributed by atoms with Gasteiger partial charge in [0, 0.05) is 0 Å². The van der Waals surface area contributed by atoms with Crippen LogP contribution in [0, 0.1) is 0 Å². The Morgan fingerprint density at radius 1 is 1.62 bits per heavy atom. The van der Waals surface area contributed by atoms with Crippen LogP contribution in [0.4, 0.5) is 5.69 Å². The number of halogens is 1. The number of hydrogen-bond acceptors (Lipinski definition) is 5. The van der Waals surface area contributed by atoms with E-state index in [9.17, 15) is 4.79 Å². The van der Waals surface area contributed by atoms with Gasteiger partial charge in [-0.3, -0.25) is 0 Å². The van der Waals surface area contributed by atoms with E-state index in [1.54, 1.807) is 19.1 Å². The van der Waals surface area contributed by atoms with Crippen molar-refractivity contribution in [3.63, 3.8) is 0 Å². The molecule has 2 rings (SSSR count). The number of hydrogen-bond donors (Lipinski definition) is 1. The predicted octanol–water partition coefficient (Wildman–Crippen LogP) is 2.71. The van der Waals surface area contributed by atoms with Gasteiger partial charge in [-0.2, -0.15) is 0 Å². The van der Waals surface area contributed by atoms with Gasteiger partial charge in [-0.05, 0) is 19.1 Å². The lowest BCUT2D eigenvalue weighted by Crippen LogP contribution is -2.04. The van der Waals surface area contributed by atoms with Crippen molar-refractivity contribution in [2.75, 3.05) is 12.3 Å². The van der Waals surface area contributed by atoms with E-state index < -0.39 is 5.97 Å². The Labute approximate surface area is 101 Å². The van der Waals surface area contributed by atoms with E-state index in [2.05, 4.69) is 4.98 Å². The molecule has 0 spiro atoms. The Balaban J connectivity index is 2.56. The Kier molecular flexibility index (Phi) is 2.98. The quantitative estimate of drug-likeness (QED) is 0.663. The third-order valence-electron chi connectivity index (χ3n) is 2.00. The predicted molar refractivity (Wildman–Crippen MR) is 65.0 cm³/mol. The monoisotopic (exact) mass is 256 g/mol. The summed E-state index contributed by atoms with van der Waals surface area (Å²) in [6.45, 7) is 2.07. The first-order valence-corrected chi connectivity index (χ1v) is 5.84. The van der Waals surface area contributed by atoms with Crippen LogP contribution in [0.2, 0.25) is 5.15 Å². The summed E-state index contributed by atoms with van der Waals surface area (Å²) in [5.41, 5.74) is 6.72. The summed E-state index contributed by atoms with van der Waals surface area (Å²) in [4.78, 5) is 16.0. The Bertz CT molecular complexity index is 553. The van der Waals surface area contributed by atoms with Gasteiger partial charge in [0.2, 0.25) is 0 Å². The third kappa shape index (κ3) is 1.83. The molecule has 84 valence electrons. The number of carbonyl (C=O) groups excluding carboxylic acids is 1. The maximum Gasteiger partial charge on any atom is 0.350 e. The van der Waals surface area contributed by atoms with E-state index >= 15 is 0 Å². The van der Waals surface area contributed by atoms with E-state index in [-0.39, 0.29) is 0 Å². The Morgan fingerprint density at radius 3 is 3.06 bits per heavy atom. The number of ether oxygens (including phenoxy) is 1. The lowest BCUT2D eigenvalue weighted by atomic mass is 10.3. The average Bonchev–Trinajstić information content (AvgIpc) is 2.57. The molecule has 0 unspecified atom stereocenters. The van der Waals surface area contributed by atoms with E-state index in [1.165, 1.54) is 11.3 Å². The zero-order valence-corrected chi connectivity index (χ0v) is 10.1. The van der Waals surface area contributed by atoms with Crippen molar-refractivity contribution in [2.45, 2.75) is 6.92 Å². The number of thiophene rings is 1. The van der Waals surface area contributed by atoms with Crippen LogP contribution in [-0.4, -0.2) is 17.6 Å². The molecule has 2 aromatic heterocycles. The first-order chi connectivity index (χ1) is 7.63. The number of pyridine rings is 1. The maximum atomic E-state index is 11.6. The van der Waals surface area contributed by atoms with Crippen molar-refractivity contribution in [2.24, 2.45) is 0 Å². The zero-order valence-electron chi connectivity index (χ0n) is 8.49. The van der Waals surface area contributed by atoms with Gasteiger partial charge in [-0.1, -0.05) is 11.6 Å². The molecule has 0 radical (unpaired) electrons. The summed E-state index contributed by atoms with van der Waals surface area (Å²) < 4.78 is 5.72. The van der Waals surface area contributed by atoms with Crippen molar-refractivity contribution in [3.05, 3.63) is 22.2 Å². The molecule has 4 nitrogen and oxygen atoms in total. The van der Waals surface area contributed by atoms with E-state index in [0.29, 0.717) is 27.8 Å². The molecule has 0 aliphatic carbocycles. The topological polar surface area (TPSA) is 65.2 Å². The maximum absolute atomic E-state index is 11.6. The molecule has 2 aromatic rings. The highest BCUT2D eigenvalue weighted by atomic mass is 35.5. The van der Waals surface area contributed by atoms with Crippen molar-refractivity contribution >= 4 is 44.8 Å². The number of aromatic nitrogens is 1. The van der Waals surface area contributed by atoms with E-state index in [4.69, 9.17) is 22.1 Å². The van der Waals surface area contributed by atoms with Gasteiger partial charge in [0.1, 0.15) is 15.5 Å². The summed E-state index contributed by atoms with van der Waals surface area (Å²) in [6.07, 6.45) is 0. The lowest BCUT2D eigenvalue weighted by molar-refractivity contribution is 0.0533. The van der Waals surface area contributed by atoms with Crippen LogP contribution in [-0.2, 0) is 4.74 Å². The molecule has 6 heteroatoms. The van der Waals surface area contributed by atoms with Gasteiger partial charge in [0.15, 0.2) is 0 Å². The van der Waals surface area contributed by atoms with Crippen molar-refractivity contribution in [3.8, 4) is 0 Å². The van der Waals surface area contributed by atoms with Crippen molar-refractivity contribution < 1.29 is 9.53 Å². The number of fused-ring (bicyclic) bond motifs is 1. The van der Waals surface area contributed by atoms with Crippen molar-refractivity contribution in [1.29, 1.82) is 0 Å². The van der Waals surface area contributed by atoms with Crippen molar-refractivity contribution in [1.82, 2.24) is 4.98 Å². The fourth-order valence-corrected chi connectivity index (χ4v) is 2.42. The number of rotatable bonds is 2. The smallest absolute Gasteiger partial charge is 0.350 e. The SMILES string of the molecule is CCOC(=O)c1sc2ccc(Cl)nc2c1N. The highest BCUT2D eigenvalue weighted by Gasteiger charge is 2.18. The molecule has 0 aliphatic rings. The summed E-state index contributed by atoms with van der Waals surface area (Å²) in [7, 11) is 0. The van der Waals surface area contributed by atoms with Gasteiger partial charge in [0.25, 0.3) is 0 Å². The minimum Gasteiger partial charge on any atom is -0.462 e. The van der Waals surface area contributed by atoms with Crippen LogP contribution in [0.3, 0.4) is 0 Å². The van der Waals surface area contributed by atoms with Gasteiger partial charge < -0.3 is 10.5 Å². The average molecular weight is 257 g/mol. The Hall–Kier alpha value is -1.33. The molecule has 0 saturated heterocycles. The fourth-order valence-electron chi connectivity index (χ4n) is 1.32. The van der Waals surface area contributed by atoms with Crippen LogP contribution < -0.4 is 5.73 Å². The second-order valence-electron chi connectivity index (χ2n) is 3.05. The molecular formula is C10H9ClN2O2S. The highest BCUT2D eigenvalue weighted by molar-refractivity contribution is 7.21. The van der Waals surface area contributed by atoms with Crippen LogP contribution in [0.25, 0.3) is 10.2 Å². The van der Waals surface area contributed by atoms with E-state index in [1.807, 2.05) is 0 Å². The molecule has 0 atom stereocenters. The second-order valence-corrected chi connectivity index (χ2v) is 4.49. The first-order valence-electron chi connectivity index (χ1n) is 4.65. The van der Waals surface area contributed by atoms with Gasteiger partial charge in [0.05, 0.1) is 17.0 Å². The molecule has 2 heterocycles. The number of nitrogen functional groups attached to an aromatic ring is 1. The number of anilines is 1. The van der Waals surface area contributed by atoms with Crippen LogP contribution in [0.15, 0.2) is 12.1 Å². The molecule has 0 saturated carbocycles. The molecule has 2 N–H and O–H groups in total. The number of esters is 1. The lowest BCUT2D eigenvalue weighted by Gasteiger charge is -1.98. The van der Waals surface area contributed by atoms with Crippen LogP contribution >= 0.6 is 22.9 Å². The van der Waals surface area contributed by atoms with Crippen LogP contribution in [0.5, 0.6) is 0 Å². The molecule has 0 bridgehead atoms. The standard InChI is InChI=1S/C10H9ClN2O2S/c1-2-15-10(14)9-7(12)8-5(16-9)3-4-6(11)13-8/h3-4H,2,12H2,1H3. The molecule has 0 aliphatic heterocycles. The summed E-state index contributed by atoms with van der Waals surface area (Å²) in [6, 6.07) is 3.45. The number of nitrogens with zero attached hydrogens (tertiary/aromatic N) is 1. The largest absolute Gasteiger partial charge is 0.462 e. The fraction of sp³-hybridized carbons (Fsp3) is 0.200. The summed E-state index contributed by atoms with van der Waals surface area (Å²) >= 11 is 7.02. The normalized spacial score (nSPS) is 10.6.